The number of para-hydroxylation sites is 2. The highest BCUT2D eigenvalue weighted by molar-refractivity contribution is 6.14. The van der Waals surface area contributed by atoms with Gasteiger partial charge >= 0.3 is 0 Å². The van der Waals surface area contributed by atoms with Gasteiger partial charge in [0.15, 0.2) is 0 Å². The Morgan fingerprint density at radius 3 is 1.57 bits per heavy atom. The predicted molar refractivity (Wildman–Crippen MR) is 237 cm³/mol. The third-order valence-corrected chi connectivity index (χ3v) is 11.3. The van der Waals surface area contributed by atoms with Gasteiger partial charge in [0.05, 0.1) is 0 Å². The molecule has 11 rings (SSSR count). The molecule has 0 aliphatic rings. The van der Waals surface area contributed by atoms with Crippen LogP contribution in [0.1, 0.15) is 0 Å². The lowest BCUT2D eigenvalue weighted by Gasteiger charge is -2.26. The molecule has 0 unspecified atom stereocenters. The Balaban J connectivity index is 1.00. The predicted octanol–water partition coefficient (Wildman–Crippen LogP) is 15.5. The molecule has 10 aromatic carbocycles. The van der Waals surface area contributed by atoms with Gasteiger partial charge in [0.2, 0.25) is 0 Å². The van der Waals surface area contributed by atoms with Crippen molar-refractivity contribution in [2.24, 2.45) is 0 Å². The molecule has 0 N–H and O–H groups in total. The maximum atomic E-state index is 6.36. The van der Waals surface area contributed by atoms with Crippen molar-refractivity contribution in [3.63, 3.8) is 0 Å². The van der Waals surface area contributed by atoms with Crippen molar-refractivity contribution in [3.05, 3.63) is 212 Å². The molecule has 0 bridgehead atoms. The topological polar surface area (TPSA) is 16.4 Å². The summed E-state index contributed by atoms with van der Waals surface area (Å²) in [5.74, 6) is 0. The maximum absolute atomic E-state index is 6.36. The van der Waals surface area contributed by atoms with Gasteiger partial charge in [-0.1, -0.05) is 152 Å². The second-order valence-corrected chi connectivity index (χ2v) is 14.5. The molecule has 0 fully saturated rings. The monoisotopic (exact) mass is 713 g/mol. The number of fused-ring (bicyclic) bond motifs is 7. The Kier molecular flexibility index (Phi) is 7.53. The second kappa shape index (κ2) is 13.2. The van der Waals surface area contributed by atoms with Crippen LogP contribution in [-0.2, 0) is 0 Å². The Bertz CT molecular complexity index is 3230. The van der Waals surface area contributed by atoms with Crippen molar-refractivity contribution in [2.75, 3.05) is 4.90 Å². The first-order valence-electron chi connectivity index (χ1n) is 19.2. The lowest BCUT2D eigenvalue weighted by molar-refractivity contribution is 0.669. The SMILES string of the molecule is c1ccc(N(c2ccc(-c3ccc4ccccc4c3-c3ccc4c(c3)oc3ccccc34)cc2)c2ccc(-c3cc4ccccc4c4ccccc34)cc2)cc1. The van der Waals surface area contributed by atoms with E-state index in [1.54, 1.807) is 0 Å². The van der Waals surface area contributed by atoms with Crippen molar-refractivity contribution < 1.29 is 4.42 Å². The van der Waals surface area contributed by atoms with Gasteiger partial charge in [0, 0.05) is 27.8 Å². The Hall–Kier alpha value is -7.42. The summed E-state index contributed by atoms with van der Waals surface area (Å²) in [4.78, 5) is 2.34. The molecule has 2 nitrogen and oxygen atoms in total. The van der Waals surface area contributed by atoms with E-state index in [9.17, 15) is 0 Å². The number of hydrogen-bond donors (Lipinski definition) is 0. The number of furan rings is 1. The van der Waals surface area contributed by atoms with Gasteiger partial charge in [-0.05, 0) is 126 Å². The first-order valence-corrected chi connectivity index (χ1v) is 19.2. The molecular formula is C54H35NO. The van der Waals surface area contributed by atoms with Crippen LogP contribution < -0.4 is 4.90 Å². The first kappa shape index (κ1) is 32.0. The molecule has 0 saturated heterocycles. The lowest BCUT2D eigenvalue weighted by Crippen LogP contribution is -2.09. The summed E-state index contributed by atoms with van der Waals surface area (Å²) in [7, 11) is 0. The Morgan fingerprint density at radius 1 is 0.286 bits per heavy atom. The molecule has 0 amide bonds. The molecule has 0 aliphatic heterocycles. The summed E-state index contributed by atoms with van der Waals surface area (Å²) < 4.78 is 6.36. The van der Waals surface area contributed by atoms with E-state index in [4.69, 9.17) is 4.42 Å². The molecule has 0 saturated carbocycles. The minimum absolute atomic E-state index is 0.899. The molecule has 0 spiro atoms. The van der Waals surface area contributed by atoms with Gasteiger partial charge in [-0.3, -0.25) is 0 Å². The van der Waals surface area contributed by atoms with Crippen LogP contribution in [0.4, 0.5) is 17.1 Å². The summed E-state index contributed by atoms with van der Waals surface area (Å²) in [6, 6.07) is 76.5. The summed E-state index contributed by atoms with van der Waals surface area (Å²) in [5, 5.41) is 9.78. The fourth-order valence-corrected chi connectivity index (χ4v) is 8.60. The smallest absolute Gasteiger partial charge is 0.136 e. The molecule has 2 heteroatoms. The fourth-order valence-electron chi connectivity index (χ4n) is 8.60. The highest BCUT2D eigenvalue weighted by atomic mass is 16.3. The minimum Gasteiger partial charge on any atom is -0.456 e. The number of nitrogens with zero attached hydrogens (tertiary/aromatic N) is 1. The van der Waals surface area contributed by atoms with E-state index in [2.05, 4.69) is 205 Å². The summed E-state index contributed by atoms with van der Waals surface area (Å²) in [6.45, 7) is 0. The molecule has 1 aromatic heterocycles. The zero-order chi connectivity index (χ0) is 37.0. The van der Waals surface area contributed by atoms with Crippen LogP contribution in [0.5, 0.6) is 0 Å². The van der Waals surface area contributed by atoms with Crippen LogP contribution >= 0.6 is 0 Å². The third-order valence-electron chi connectivity index (χ3n) is 11.3. The summed E-state index contributed by atoms with van der Waals surface area (Å²) in [5.41, 5.74) is 12.2. The largest absolute Gasteiger partial charge is 0.456 e. The van der Waals surface area contributed by atoms with Crippen molar-refractivity contribution in [3.8, 4) is 33.4 Å². The van der Waals surface area contributed by atoms with E-state index < -0.39 is 0 Å². The highest BCUT2D eigenvalue weighted by Gasteiger charge is 2.17. The van der Waals surface area contributed by atoms with E-state index in [1.165, 1.54) is 54.6 Å². The van der Waals surface area contributed by atoms with E-state index in [0.717, 1.165) is 50.1 Å². The number of anilines is 3. The van der Waals surface area contributed by atoms with Crippen LogP contribution in [0.3, 0.4) is 0 Å². The number of rotatable bonds is 6. The second-order valence-electron chi connectivity index (χ2n) is 14.5. The Labute approximate surface area is 325 Å². The fraction of sp³-hybridized carbons (Fsp3) is 0. The van der Waals surface area contributed by atoms with Gasteiger partial charge in [0.1, 0.15) is 11.2 Å². The van der Waals surface area contributed by atoms with Crippen LogP contribution in [0.15, 0.2) is 217 Å². The molecule has 11 aromatic rings. The van der Waals surface area contributed by atoms with E-state index in [1.807, 2.05) is 12.1 Å². The molecule has 0 atom stereocenters. The molecule has 0 radical (unpaired) electrons. The molecule has 262 valence electrons. The molecule has 1 heterocycles. The van der Waals surface area contributed by atoms with Gasteiger partial charge in [-0.2, -0.15) is 0 Å². The zero-order valence-corrected chi connectivity index (χ0v) is 30.6. The minimum atomic E-state index is 0.899. The first-order chi connectivity index (χ1) is 27.8. The molecule has 56 heavy (non-hydrogen) atoms. The number of benzene rings is 10. The zero-order valence-electron chi connectivity index (χ0n) is 30.6. The van der Waals surface area contributed by atoms with Crippen LogP contribution in [0.2, 0.25) is 0 Å². The summed E-state index contributed by atoms with van der Waals surface area (Å²) in [6.07, 6.45) is 0. The summed E-state index contributed by atoms with van der Waals surface area (Å²) >= 11 is 0. The Morgan fingerprint density at radius 2 is 0.821 bits per heavy atom. The number of hydrogen-bond acceptors (Lipinski definition) is 2. The van der Waals surface area contributed by atoms with Crippen molar-refractivity contribution in [2.45, 2.75) is 0 Å². The average Bonchev–Trinajstić information content (AvgIpc) is 3.65. The van der Waals surface area contributed by atoms with Gasteiger partial charge < -0.3 is 9.32 Å². The normalized spacial score (nSPS) is 11.6. The van der Waals surface area contributed by atoms with Gasteiger partial charge in [0.25, 0.3) is 0 Å². The van der Waals surface area contributed by atoms with E-state index >= 15 is 0 Å². The van der Waals surface area contributed by atoms with Gasteiger partial charge in [-0.15, -0.1) is 0 Å². The lowest BCUT2D eigenvalue weighted by atomic mass is 9.89. The van der Waals surface area contributed by atoms with Gasteiger partial charge in [-0.25, -0.2) is 0 Å². The molecular weight excluding hydrogens is 679 g/mol. The van der Waals surface area contributed by atoms with Crippen LogP contribution in [-0.4, -0.2) is 0 Å². The quantitative estimate of drug-likeness (QED) is 0.160. The highest BCUT2D eigenvalue weighted by Crippen LogP contribution is 2.43. The van der Waals surface area contributed by atoms with E-state index in [0.29, 0.717) is 0 Å². The van der Waals surface area contributed by atoms with Crippen LogP contribution in [0.25, 0.3) is 87.6 Å². The maximum Gasteiger partial charge on any atom is 0.136 e. The van der Waals surface area contributed by atoms with Crippen molar-refractivity contribution in [1.82, 2.24) is 0 Å². The van der Waals surface area contributed by atoms with Crippen molar-refractivity contribution >= 4 is 71.3 Å². The van der Waals surface area contributed by atoms with E-state index in [-0.39, 0.29) is 0 Å². The van der Waals surface area contributed by atoms with Crippen molar-refractivity contribution in [1.29, 1.82) is 0 Å². The standard InChI is InChI=1S/C54H35NO/c1-2-14-41(15-3-1)55(43-30-24-38(25-31-43)51-34-39-13-5-6-16-44(39)47-18-8-9-19-48(47)51)42-28-22-37(23-29-42)46-32-26-36-12-4-7-17-45(36)54(46)40-27-33-50-49-20-10-11-21-52(49)56-53(50)35-40/h1-35H. The average molecular weight is 714 g/mol. The third kappa shape index (κ3) is 5.34. The molecule has 0 aliphatic carbocycles. The van der Waals surface area contributed by atoms with Crippen LogP contribution in [0, 0.1) is 0 Å².